The van der Waals surface area contributed by atoms with Crippen LogP contribution in [0.4, 0.5) is 0 Å². The van der Waals surface area contributed by atoms with Crippen molar-refractivity contribution in [3.05, 3.63) is 58.9 Å². The molecule has 0 bridgehead atoms. The molecule has 0 aliphatic heterocycles. The van der Waals surface area contributed by atoms with Crippen LogP contribution in [0.1, 0.15) is 35.9 Å². The lowest BCUT2D eigenvalue weighted by atomic mass is 10.1. The highest BCUT2D eigenvalue weighted by molar-refractivity contribution is 6.30. The molecule has 22 heavy (non-hydrogen) atoms. The molecule has 2 aromatic rings. The first-order valence-electron chi connectivity index (χ1n) is 7.13. The molecule has 0 fully saturated rings. The van der Waals surface area contributed by atoms with E-state index in [0.717, 1.165) is 11.3 Å². The van der Waals surface area contributed by atoms with Gasteiger partial charge < -0.3 is 9.64 Å². The van der Waals surface area contributed by atoms with E-state index in [4.69, 9.17) is 16.3 Å². The maximum Gasteiger partial charge on any atom is 0.272 e. The first-order valence-corrected chi connectivity index (χ1v) is 7.51. The first-order chi connectivity index (χ1) is 10.6. The molecule has 0 aliphatic carbocycles. The molecule has 1 aromatic carbocycles. The van der Waals surface area contributed by atoms with Gasteiger partial charge in [-0.15, -0.1) is 0 Å². The summed E-state index contributed by atoms with van der Waals surface area (Å²) in [6, 6.07) is 10.9. The number of nitrogens with zero attached hydrogens (tertiary/aromatic N) is 2. The van der Waals surface area contributed by atoms with Gasteiger partial charge in [0.15, 0.2) is 0 Å². The molecule has 1 atom stereocenters. The number of pyridine rings is 1. The average molecular weight is 319 g/mol. The van der Waals surface area contributed by atoms with Gasteiger partial charge in [-0.25, -0.2) is 0 Å². The Kier molecular flexibility index (Phi) is 5.39. The molecule has 4 nitrogen and oxygen atoms in total. The number of methoxy groups -OCH3 is 1. The highest BCUT2D eigenvalue weighted by Gasteiger charge is 2.22. The lowest BCUT2D eigenvalue weighted by molar-refractivity contribution is 0.0696. The normalized spacial score (nSPS) is 11.8. The zero-order valence-electron chi connectivity index (χ0n) is 12.9. The Balaban J connectivity index is 2.28. The van der Waals surface area contributed by atoms with Crippen molar-refractivity contribution < 1.29 is 9.53 Å². The molecule has 1 unspecified atom stereocenters. The smallest absolute Gasteiger partial charge is 0.272 e. The Hall–Kier alpha value is -2.07. The number of carbonyl (C=O) groups is 1. The molecule has 1 aromatic heterocycles. The third-order valence-electron chi connectivity index (χ3n) is 3.59. The molecular weight excluding hydrogens is 300 g/mol. The molecule has 0 spiro atoms. The Morgan fingerprint density at radius 1 is 1.36 bits per heavy atom. The summed E-state index contributed by atoms with van der Waals surface area (Å²) in [6.07, 6.45) is 1.54. The lowest BCUT2D eigenvalue weighted by Crippen LogP contribution is -2.34. The minimum absolute atomic E-state index is 0.0895. The van der Waals surface area contributed by atoms with Gasteiger partial charge in [0.1, 0.15) is 11.4 Å². The predicted octanol–water partition coefficient (Wildman–Crippen LogP) is 3.97. The summed E-state index contributed by atoms with van der Waals surface area (Å²) in [6.45, 7) is 4.51. The predicted molar refractivity (Wildman–Crippen MR) is 87.4 cm³/mol. The third-order valence-corrected chi connectivity index (χ3v) is 3.82. The molecule has 1 heterocycles. The third kappa shape index (κ3) is 3.57. The number of rotatable bonds is 5. The van der Waals surface area contributed by atoms with Crippen LogP contribution in [-0.2, 0) is 0 Å². The van der Waals surface area contributed by atoms with Crippen molar-refractivity contribution in [3.63, 3.8) is 0 Å². The van der Waals surface area contributed by atoms with Crippen LogP contribution in [0.5, 0.6) is 5.75 Å². The zero-order chi connectivity index (χ0) is 16.1. The number of ether oxygens (including phenoxy) is 1. The van der Waals surface area contributed by atoms with Gasteiger partial charge >= 0.3 is 0 Å². The van der Waals surface area contributed by atoms with E-state index < -0.39 is 0 Å². The van der Waals surface area contributed by atoms with Gasteiger partial charge in [0.2, 0.25) is 0 Å². The second-order valence-corrected chi connectivity index (χ2v) is 5.34. The summed E-state index contributed by atoms with van der Waals surface area (Å²) < 4.78 is 5.25. The standard InChI is InChI=1S/C17H19ClN2O2/c1-4-20(17(21)16-11-14(18)8-9-19-16)12(2)13-6-5-7-15(10-13)22-3/h5-12H,4H2,1-3H3. The van der Waals surface area contributed by atoms with Crippen LogP contribution >= 0.6 is 11.6 Å². The lowest BCUT2D eigenvalue weighted by Gasteiger charge is -2.28. The minimum Gasteiger partial charge on any atom is -0.497 e. The molecule has 116 valence electrons. The second kappa shape index (κ2) is 7.27. The first kappa shape index (κ1) is 16.3. The highest BCUT2D eigenvalue weighted by Crippen LogP contribution is 2.25. The van der Waals surface area contributed by atoms with E-state index >= 15 is 0 Å². The summed E-state index contributed by atoms with van der Waals surface area (Å²) in [5.41, 5.74) is 1.36. The van der Waals surface area contributed by atoms with Gasteiger partial charge in [0, 0.05) is 17.8 Å². The van der Waals surface area contributed by atoms with Crippen molar-refractivity contribution in [2.24, 2.45) is 0 Å². The van der Waals surface area contributed by atoms with Crippen molar-refractivity contribution in [3.8, 4) is 5.75 Å². The van der Waals surface area contributed by atoms with E-state index in [1.807, 2.05) is 38.1 Å². The molecule has 0 saturated carbocycles. The Bertz CT molecular complexity index is 661. The van der Waals surface area contributed by atoms with Crippen molar-refractivity contribution >= 4 is 17.5 Å². The maximum absolute atomic E-state index is 12.7. The summed E-state index contributed by atoms with van der Waals surface area (Å²) in [4.78, 5) is 18.5. The van der Waals surface area contributed by atoms with Crippen molar-refractivity contribution in [1.82, 2.24) is 9.88 Å². The molecule has 0 aliphatic rings. The molecule has 2 rings (SSSR count). The van der Waals surface area contributed by atoms with Crippen molar-refractivity contribution in [2.45, 2.75) is 19.9 Å². The fourth-order valence-corrected chi connectivity index (χ4v) is 2.50. The van der Waals surface area contributed by atoms with E-state index in [1.165, 1.54) is 0 Å². The summed E-state index contributed by atoms with van der Waals surface area (Å²) in [5.74, 6) is 0.633. The van der Waals surface area contributed by atoms with E-state index in [-0.39, 0.29) is 11.9 Å². The van der Waals surface area contributed by atoms with Crippen LogP contribution in [0.25, 0.3) is 0 Å². The van der Waals surface area contributed by atoms with E-state index in [0.29, 0.717) is 17.3 Å². The average Bonchev–Trinajstić information content (AvgIpc) is 2.55. The van der Waals surface area contributed by atoms with Crippen LogP contribution in [0.2, 0.25) is 5.02 Å². The Morgan fingerprint density at radius 3 is 2.77 bits per heavy atom. The van der Waals surface area contributed by atoms with Crippen LogP contribution in [0.15, 0.2) is 42.6 Å². The second-order valence-electron chi connectivity index (χ2n) is 4.90. The molecule has 1 amide bonds. The van der Waals surface area contributed by atoms with Gasteiger partial charge in [-0.2, -0.15) is 0 Å². The van der Waals surface area contributed by atoms with E-state index in [9.17, 15) is 4.79 Å². The van der Waals surface area contributed by atoms with Gasteiger partial charge in [-0.3, -0.25) is 9.78 Å². The number of hydrogen-bond acceptors (Lipinski definition) is 3. The van der Waals surface area contributed by atoms with Gasteiger partial charge in [-0.1, -0.05) is 23.7 Å². The summed E-state index contributed by atoms with van der Waals surface area (Å²) in [7, 11) is 1.63. The van der Waals surface area contributed by atoms with Crippen LogP contribution in [0, 0.1) is 0 Å². The monoisotopic (exact) mass is 318 g/mol. The zero-order valence-corrected chi connectivity index (χ0v) is 13.7. The minimum atomic E-state index is -0.139. The number of halogens is 1. The molecule has 5 heteroatoms. The molecule has 0 saturated heterocycles. The maximum atomic E-state index is 12.7. The number of amides is 1. The topological polar surface area (TPSA) is 42.4 Å². The number of benzene rings is 1. The largest absolute Gasteiger partial charge is 0.497 e. The summed E-state index contributed by atoms with van der Waals surface area (Å²) >= 11 is 5.95. The number of carbonyl (C=O) groups excluding carboxylic acids is 1. The highest BCUT2D eigenvalue weighted by atomic mass is 35.5. The van der Waals surface area contributed by atoms with Crippen molar-refractivity contribution in [2.75, 3.05) is 13.7 Å². The fraction of sp³-hybridized carbons (Fsp3) is 0.294. The van der Waals surface area contributed by atoms with E-state index in [2.05, 4.69) is 4.98 Å². The van der Waals surface area contributed by atoms with Gasteiger partial charge in [-0.05, 0) is 43.7 Å². The SMILES string of the molecule is CCN(C(=O)c1cc(Cl)ccn1)C(C)c1cccc(OC)c1. The van der Waals surface area contributed by atoms with E-state index in [1.54, 1.807) is 30.3 Å². The number of aromatic nitrogens is 1. The van der Waals surface area contributed by atoms with Crippen LogP contribution in [-0.4, -0.2) is 29.4 Å². The molecule has 0 radical (unpaired) electrons. The van der Waals surface area contributed by atoms with Gasteiger partial charge in [0.05, 0.1) is 13.2 Å². The van der Waals surface area contributed by atoms with Crippen LogP contribution in [0.3, 0.4) is 0 Å². The molecule has 0 N–H and O–H groups in total. The fourth-order valence-electron chi connectivity index (χ4n) is 2.34. The quantitative estimate of drug-likeness (QED) is 0.837. The summed E-state index contributed by atoms with van der Waals surface area (Å²) in [5, 5.41) is 0.503. The van der Waals surface area contributed by atoms with Crippen molar-refractivity contribution in [1.29, 1.82) is 0 Å². The molecular formula is C17H19ClN2O2. The van der Waals surface area contributed by atoms with Crippen LogP contribution < -0.4 is 4.74 Å². The van der Waals surface area contributed by atoms with Gasteiger partial charge in [0.25, 0.3) is 5.91 Å². The Morgan fingerprint density at radius 2 is 2.14 bits per heavy atom. The Labute approximate surface area is 135 Å². The number of hydrogen-bond donors (Lipinski definition) is 0.